The Balaban J connectivity index is 0.000000347. The highest BCUT2D eigenvalue weighted by molar-refractivity contribution is 7.47. The first-order valence-electron chi connectivity index (χ1n) is 18.1. The Hall–Kier alpha value is 0.170. The van der Waals surface area contributed by atoms with Gasteiger partial charge >= 0.3 is 23.5 Å². The molecule has 5 fully saturated rings. The molecule has 0 heterocycles. The van der Waals surface area contributed by atoms with Crippen LogP contribution in [0.1, 0.15) is 148 Å². The zero-order chi connectivity index (χ0) is 36.9. The van der Waals surface area contributed by atoms with Crippen molar-refractivity contribution in [3.8, 4) is 0 Å². The molecule has 5 aliphatic carbocycles. The summed E-state index contributed by atoms with van der Waals surface area (Å²) in [6.07, 6.45) is 22.0. The summed E-state index contributed by atoms with van der Waals surface area (Å²) >= 11 is 0. The predicted molar refractivity (Wildman–Crippen MR) is 189 cm³/mol. The summed E-state index contributed by atoms with van der Waals surface area (Å²) in [5.41, 5.74) is 22.5. The number of rotatable bonds is 6. The maximum Gasteiger partial charge on any atom is 0.470 e. The van der Waals surface area contributed by atoms with Gasteiger partial charge in [-0.3, -0.25) is 13.6 Å². The van der Waals surface area contributed by atoms with E-state index in [2.05, 4.69) is 13.6 Å². The van der Waals surface area contributed by atoms with Crippen molar-refractivity contribution in [3.63, 3.8) is 0 Å². The third-order valence-corrected chi connectivity index (χ3v) is 10.7. The maximum atomic E-state index is 10.9. The summed E-state index contributed by atoms with van der Waals surface area (Å²) in [5.74, 6) is 0. The fourth-order valence-corrected chi connectivity index (χ4v) is 8.24. The Bertz CT molecular complexity index is 881. The Morgan fingerprint density at radius 1 is 0.347 bits per heavy atom. The lowest BCUT2D eigenvalue weighted by Crippen LogP contribution is -2.44. The average molecular weight is 769 g/mol. The molecular formula is C30H67N4O12P3. The molecule has 0 aliphatic heterocycles. The maximum absolute atomic E-state index is 10.9. The molecule has 294 valence electrons. The largest absolute Gasteiger partial charge is 0.470 e. The molecule has 0 radical (unpaired) electrons. The van der Waals surface area contributed by atoms with Crippen LogP contribution in [0.4, 0.5) is 0 Å². The van der Waals surface area contributed by atoms with Crippen LogP contribution in [0.25, 0.3) is 0 Å². The lowest BCUT2D eigenvalue weighted by molar-refractivity contribution is -0.0750. The van der Waals surface area contributed by atoms with Gasteiger partial charge in [-0.1, -0.05) is 77.0 Å². The van der Waals surface area contributed by atoms with E-state index in [1.807, 2.05) is 0 Å². The first kappa shape index (κ1) is 47.2. The van der Waals surface area contributed by atoms with Crippen molar-refractivity contribution >= 4 is 23.5 Å². The van der Waals surface area contributed by atoms with Crippen molar-refractivity contribution in [2.75, 3.05) is 0 Å². The molecule has 5 aliphatic rings. The van der Waals surface area contributed by atoms with Gasteiger partial charge in [0.15, 0.2) is 0 Å². The van der Waals surface area contributed by atoms with Crippen LogP contribution in [0, 0.1) is 0 Å². The van der Waals surface area contributed by atoms with Crippen LogP contribution in [-0.4, -0.2) is 71.8 Å². The molecule has 0 amide bonds. The van der Waals surface area contributed by atoms with E-state index in [-0.39, 0.29) is 19.3 Å². The van der Waals surface area contributed by atoms with Gasteiger partial charge in [0.25, 0.3) is 0 Å². The monoisotopic (exact) mass is 768 g/mol. The van der Waals surface area contributed by atoms with Crippen molar-refractivity contribution in [1.29, 1.82) is 0 Å². The molecule has 16 nitrogen and oxygen atoms in total. The first-order chi connectivity index (χ1) is 22.8. The number of hydrogen-bond donors (Lipinski definition) is 10. The van der Waals surface area contributed by atoms with Gasteiger partial charge in [0.2, 0.25) is 0 Å². The number of nitrogens with two attached hydrogens (primary N) is 4. The second kappa shape index (κ2) is 25.2. The second-order valence-electron chi connectivity index (χ2n) is 13.9. The van der Waals surface area contributed by atoms with Crippen molar-refractivity contribution in [2.24, 2.45) is 22.9 Å². The van der Waals surface area contributed by atoms with E-state index in [1.54, 1.807) is 0 Å². The van der Waals surface area contributed by atoms with Gasteiger partial charge < -0.3 is 52.3 Å². The molecule has 0 aromatic carbocycles. The normalized spacial score (nSPS) is 25.6. The summed E-state index contributed by atoms with van der Waals surface area (Å²) in [6.45, 7) is 0. The highest BCUT2D eigenvalue weighted by Crippen LogP contribution is 2.49. The lowest BCUT2D eigenvalue weighted by Gasteiger charge is -2.36. The first-order valence-corrected chi connectivity index (χ1v) is 22.7. The molecular weight excluding hydrogens is 701 g/mol. The van der Waals surface area contributed by atoms with Gasteiger partial charge in [0.1, 0.15) is 6.10 Å². The summed E-state index contributed by atoms with van der Waals surface area (Å²) in [5, 5.41) is 0. The second-order valence-corrected chi connectivity index (χ2v) is 17.4. The zero-order valence-corrected chi connectivity index (χ0v) is 31.8. The van der Waals surface area contributed by atoms with Crippen LogP contribution in [0.5, 0.6) is 0 Å². The van der Waals surface area contributed by atoms with Gasteiger partial charge in [0.05, 0.1) is 12.2 Å². The van der Waals surface area contributed by atoms with E-state index in [9.17, 15) is 13.7 Å². The smallest absolute Gasteiger partial charge is 0.328 e. The van der Waals surface area contributed by atoms with Crippen molar-refractivity contribution in [1.82, 2.24) is 0 Å². The van der Waals surface area contributed by atoms with Crippen molar-refractivity contribution in [3.05, 3.63) is 0 Å². The third-order valence-electron chi connectivity index (χ3n) is 9.11. The van der Waals surface area contributed by atoms with Crippen LogP contribution in [0.3, 0.4) is 0 Å². The molecule has 5 rings (SSSR count). The Morgan fingerprint density at radius 2 is 0.571 bits per heavy atom. The van der Waals surface area contributed by atoms with Gasteiger partial charge in [-0.05, 0) is 70.6 Å². The summed E-state index contributed by atoms with van der Waals surface area (Å²) in [6, 6.07) is 2.14. The predicted octanol–water partition coefficient (Wildman–Crippen LogP) is 4.72. The molecule has 0 aromatic rings. The molecule has 19 heteroatoms. The quantitative estimate of drug-likeness (QED) is 0.164. The number of phosphoric ester groups is 3. The van der Waals surface area contributed by atoms with Crippen LogP contribution >= 0.6 is 23.5 Å². The van der Waals surface area contributed by atoms with Crippen molar-refractivity contribution < 1.29 is 56.6 Å². The van der Waals surface area contributed by atoms with Crippen molar-refractivity contribution in [2.45, 2.75) is 190 Å². The average Bonchev–Trinajstić information content (AvgIpc) is 3.00. The topological polar surface area (TPSA) is 304 Å². The highest BCUT2D eigenvalue weighted by atomic mass is 31.2. The molecule has 2 atom stereocenters. The molecule has 5 saturated carbocycles. The van der Waals surface area contributed by atoms with E-state index < -0.39 is 41.8 Å². The fourth-order valence-electron chi connectivity index (χ4n) is 6.50. The minimum Gasteiger partial charge on any atom is -0.328 e. The summed E-state index contributed by atoms with van der Waals surface area (Å²) < 4.78 is 45.6. The van der Waals surface area contributed by atoms with Gasteiger partial charge in [-0.2, -0.15) is 0 Å². The Kier molecular flexibility index (Phi) is 24.3. The van der Waals surface area contributed by atoms with Gasteiger partial charge in [0, 0.05) is 24.2 Å². The standard InChI is InChI=1S/4C6H13N.C6H15O12P3/c4*7-6-4-2-1-3-5-6;7-19(8,9)16-4-2-1-3-5(17-20(10,11)12)6(4)18-21(13,14)15/h4*6H,1-5,7H2;4-6H,1-3H2,(H2,7,8,9)(H2,10,11,12)(H2,13,14,15)/t;;;;4-,5-/m....1/s1. The van der Waals surface area contributed by atoms with Crippen LogP contribution in [0.15, 0.2) is 0 Å². The highest BCUT2D eigenvalue weighted by Gasteiger charge is 2.44. The van der Waals surface area contributed by atoms with E-state index in [0.29, 0.717) is 24.2 Å². The van der Waals surface area contributed by atoms with E-state index in [4.69, 9.17) is 52.3 Å². The molecule has 0 saturated heterocycles. The molecule has 0 spiro atoms. The molecule has 14 N–H and O–H groups in total. The zero-order valence-electron chi connectivity index (χ0n) is 29.1. The summed E-state index contributed by atoms with van der Waals surface area (Å²) in [4.78, 5) is 52.6. The minimum atomic E-state index is -5.11. The molecule has 49 heavy (non-hydrogen) atoms. The van der Waals surface area contributed by atoms with E-state index in [1.165, 1.54) is 128 Å². The molecule has 0 unspecified atom stereocenters. The minimum absolute atomic E-state index is 0.0448. The Labute approximate surface area is 292 Å². The fraction of sp³-hybridized carbons (Fsp3) is 1.00. The van der Waals surface area contributed by atoms with Gasteiger partial charge in [-0.15, -0.1) is 0 Å². The van der Waals surface area contributed by atoms with Crippen LogP contribution in [0.2, 0.25) is 0 Å². The SMILES string of the molecule is NC1CCCCC1.NC1CCCCC1.NC1CCCCC1.NC1CCCCC1.O=P(O)(O)OC1[C@H](OP(=O)(O)O)CCC[C@H]1OP(=O)(O)O. The lowest BCUT2D eigenvalue weighted by atomic mass is 9.92. The number of phosphoric acid groups is 3. The summed E-state index contributed by atoms with van der Waals surface area (Å²) in [7, 11) is -15.1. The van der Waals surface area contributed by atoms with Crippen LogP contribution < -0.4 is 22.9 Å². The molecule has 0 aromatic heterocycles. The molecule has 0 bridgehead atoms. The number of hydrogen-bond acceptors (Lipinski definition) is 10. The van der Waals surface area contributed by atoms with Crippen LogP contribution in [-0.2, 0) is 27.3 Å². The van der Waals surface area contributed by atoms with E-state index in [0.717, 1.165) is 0 Å². The van der Waals surface area contributed by atoms with Gasteiger partial charge in [-0.25, -0.2) is 13.7 Å². The third kappa shape index (κ3) is 27.4. The Morgan fingerprint density at radius 3 is 0.735 bits per heavy atom. The van der Waals surface area contributed by atoms with E-state index >= 15 is 0 Å².